The van der Waals surface area contributed by atoms with Crippen molar-refractivity contribution in [1.82, 2.24) is 9.97 Å². The van der Waals surface area contributed by atoms with E-state index in [4.69, 9.17) is 0 Å². The molecule has 4 aromatic carbocycles. The van der Waals surface area contributed by atoms with E-state index >= 15 is 0 Å². The average molecular weight is 779 g/mol. The minimum absolute atomic E-state index is 0. The van der Waals surface area contributed by atoms with Crippen LogP contribution in [-0.2, 0) is 23.3 Å². The molecule has 2 aromatic heterocycles. The third-order valence-corrected chi connectivity index (χ3v) is 11.9. The molecule has 0 aliphatic carbocycles. The standard InChI is InChI=1S/2C18H20NSi.2CH3.2ClH.Si.Zr/c2*1-13-8-9-15(18-7-5-6-10-19-18)17-12-14(11-16(13)17)20(2,3)4;;;;;;/h2*5-12H,1-4H3;2*1H3;2*1H;;/q4*-1;;;;. The summed E-state index contributed by atoms with van der Waals surface area (Å²) in [6, 6.07) is 30.6. The molecule has 0 bridgehead atoms. The minimum atomic E-state index is -1.28. The Morgan fingerprint density at radius 1 is 0.565 bits per heavy atom. The van der Waals surface area contributed by atoms with Crippen LogP contribution in [0, 0.1) is 28.7 Å². The van der Waals surface area contributed by atoms with Crippen molar-refractivity contribution in [3.05, 3.63) is 123 Å². The zero-order valence-electron chi connectivity index (χ0n) is 28.9. The van der Waals surface area contributed by atoms with Crippen LogP contribution in [0.1, 0.15) is 11.1 Å². The SMILES string of the molecule is Cc1ccc(-c2ccccn2)c2cc([Si](C)(C)C)[cH-]c12.Cc1ccc(-c2ccccn2)c2cc([Si](C)(C)C)[cH-]c12.Cl.Cl.[CH3-].[CH3-].[Si]=[Zr]. The molecule has 8 heteroatoms. The fourth-order valence-corrected chi connectivity index (χ4v) is 7.56. The number of rotatable bonds is 4. The molecule has 0 saturated heterocycles. The van der Waals surface area contributed by atoms with Crippen LogP contribution >= 0.6 is 24.8 Å². The van der Waals surface area contributed by atoms with Crippen LogP contribution in [0.5, 0.6) is 0 Å². The number of aromatic nitrogens is 2. The van der Waals surface area contributed by atoms with Crippen LogP contribution in [0.2, 0.25) is 39.3 Å². The Morgan fingerprint density at radius 2 is 0.913 bits per heavy atom. The summed E-state index contributed by atoms with van der Waals surface area (Å²) < 4.78 is 0. The number of pyridine rings is 2. The van der Waals surface area contributed by atoms with Crippen LogP contribution in [0.25, 0.3) is 44.1 Å². The van der Waals surface area contributed by atoms with E-state index in [1.54, 1.807) is 0 Å². The van der Waals surface area contributed by atoms with Crippen molar-refractivity contribution < 1.29 is 23.3 Å². The van der Waals surface area contributed by atoms with Crippen LogP contribution in [0.15, 0.2) is 97.3 Å². The Hall–Kier alpha value is -1.93. The van der Waals surface area contributed by atoms with E-state index in [1.807, 2.05) is 24.5 Å². The van der Waals surface area contributed by atoms with E-state index in [-0.39, 0.29) is 39.7 Å². The van der Waals surface area contributed by atoms with Gasteiger partial charge in [0.25, 0.3) is 0 Å². The molecule has 0 aliphatic rings. The fraction of sp³-hybridized carbons (Fsp3) is 0.211. The van der Waals surface area contributed by atoms with E-state index in [0.29, 0.717) is 0 Å². The van der Waals surface area contributed by atoms with E-state index < -0.39 is 16.1 Å². The molecule has 6 rings (SSSR count). The van der Waals surface area contributed by atoms with Crippen molar-refractivity contribution in [3.8, 4) is 22.5 Å². The van der Waals surface area contributed by atoms with E-state index in [1.165, 1.54) is 77.5 Å². The van der Waals surface area contributed by atoms with Gasteiger partial charge in [0, 0.05) is 12.4 Å². The van der Waals surface area contributed by atoms with Crippen molar-refractivity contribution in [1.29, 1.82) is 0 Å². The third-order valence-electron chi connectivity index (χ3n) is 7.82. The van der Waals surface area contributed by atoms with E-state index in [0.717, 1.165) is 11.4 Å². The Morgan fingerprint density at radius 3 is 1.20 bits per heavy atom. The summed E-state index contributed by atoms with van der Waals surface area (Å²) >= 11 is 1.36. The van der Waals surface area contributed by atoms with Gasteiger partial charge < -0.3 is 14.9 Å². The van der Waals surface area contributed by atoms with Gasteiger partial charge in [-0.1, -0.05) is 77.4 Å². The van der Waals surface area contributed by atoms with Gasteiger partial charge >= 0.3 is 30.2 Å². The normalized spacial score (nSPS) is 10.5. The molecule has 244 valence electrons. The van der Waals surface area contributed by atoms with Gasteiger partial charge in [0.1, 0.15) is 0 Å². The van der Waals surface area contributed by atoms with Crippen molar-refractivity contribution in [3.63, 3.8) is 0 Å². The summed E-state index contributed by atoms with van der Waals surface area (Å²) in [4.78, 5) is 9.02. The number of aryl methyl sites for hydroxylation is 2. The van der Waals surface area contributed by atoms with Crippen molar-refractivity contribution in [2.24, 2.45) is 0 Å². The molecule has 0 amide bonds. The van der Waals surface area contributed by atoms with Gasteiger partial charge in [-0.15, -0.1) is 92.1 Å². The predicted molar refractivity (Wildman–Crippen MR) is 214 cm³/mol. The topological polar surface area (TPSA) is 25.8 Å². The average Bonchev–Trinajstić information content (AvgIpc) is 3.63. The predicted octanol–water partition coefficient (Wildman–Crippen LogP) is 10.3. The van der Waals surface area contributed by atoms with Crippen molar-refractivity contribution in [2.75, 3.05) is 0 Å². The number of hydrogen-bond donors (Lipinski definition) is 0. The molecule has 0 N–H and O–H groups in total. The molecule has 2 radical (unpaired) electrons. The summed E-state index contributed by atoms with van der Waals surface area (Å²) in [6.45, 7) is 21.8. The molecule has 0 aliphatic heterocycles. The summed E-state index contributed by atoms with van der Waals surface area (Å²) in [5.41, 5.74) is 7.32. The first-order valence-corrected chi connectivity index (χ1v) is 25.6. The number of nitrogens with zero attached hydrogens (tertiary/aromatic N) is 2. The summed E-state index contributed by atoms with van der Waals surface area (Å²) in [5.74, 6) is 0. The van der Waals surface area contributed by atoms with Gasteiger partial charge in [-0.05, 0) is 35.4 Å². The molecule has 0 spiro atoms. The number of fused-ring (bicyclic) bond motifs is 2. The fourth-order valence-electron chi connectivity index (χ4n) is 5.25. The maximum absolute atomic E-state index is 4.51. The molecule has 2 nitrogen and oxygen atoms in total. The zero-order valence-corrected chi connectivity index (χ0v) is 36.0. The van der Waals surface area contributed by atoms with Gasteiger partial charge in [-0.25, -0.2) is 0 Å². The molecule has 0 saturated carbocycles. The van der Waals surface area contributed by atoms with Gasteiger partial charge in [-0.3, -0.25) is 9.97 Å². The second-order valence-corrected chi connectivity index (χ2v) is 23.1. The van der Waals surface area contributed by atoms with Crippen molar-refractivity contribution in [2.45, 2.75) is 53.1 Å². The molecule has 6 aromatic rings. The Balaban J connectivity index is 0.000000772. The number of halogens is 2. The Bertz CT molecular complexity index is 1670. The first-order chi connectivity index (χ1) is 19.9. The number of benzene rings is 2. The summed E-state index contributed by atoms with van der Waals surface area (Å²) in [7, 11) is -2.57. The van der Waals surface area contributed by atoms with Gasteiger partial charge in [-0.2, -0.15) is 12.1 Å². The summed E-state index contributed by atoms with van der Waals surface area (Å²) in [5, 5.41) is 8.51. The third kappa shape index (κ3) is 10.0. The van der Waals surface area contributed by atoms with Crippen LogP contribution in [-0.4, -0.2) is 33.0 Å². The molecular formula is C38H48Cl2N2Si3Zr-4. The van der Waals surface area contributed by atoms with Gasteiger partial charge in [0.05, 0.1) is 27.5 Å². The monoisotopic (exact) mass is 776 g/mol. The molecular weight excluding hydrogens is 731 g/mol. The molecule has 2 heterocycles. The second kappa shape index (κ2) is 18.6. The Labute approximate surface area is 309 Å². The van der Waals surface area contributed by atoms with Gasteiger partial charge in [0.2, 0.25) is 0 Å². The Kier molecular flexibility index (Phi) is 17.8. The second-order valence-electron chi connectivity index (χ2n) is 12.9. The quantitative estimate of drug-likeness (QED) is 0.132. The van der Waals surface area contributed by atoms with Crippen LogP contribution < -0.4 is 10.4 Å². The van der Waals surface area contributed by atoms with E-state index in [9.17, 15) is 0 Å². The van der Waals surface area contributed by atoms with E-state index in [2.05, 4.69) is 143 Å². The molecule has 0 fully saturated rings. The number of hydrogen-bond acceptors (Lipinski definition) is 2. The molecule has 46 heavy (non-hydrogen) atoms. The first kappa shape index (κ1) is 44.1. The molecule has 0 unspecified atom stereocenters. The zero-order chi connectivity index (χ0) is 30.7. The van der Waals surface area contributed by atoms with Gasteiger partial charge in [0.15, 0.2) is 0 Å². The first-order valence-electron chi connectivity index (χ1n) is 14.4. The van der Waals surface area contributed by atoms with Crippen LogP contribution in [0.3, 0.4) is 0 Å². The summed E-state index contributed by atoms with van der Waals surface area (Å²) in [6.07, 6.45) is 3.73. The van der Waals surface area contributed by atoms with Crippen LogP contribution in [0.4, 0.5) is 0 Å². The van der Waals surface area contributed by atoms with Crippen molar-refractivity contribution >= 4 is 79.8 Å². The molecule has 0 atom stereocenters. The maximum atomic E-state index is 4.51.